The van der Waals surface area contributed by atoms with E-state index < -0.39 is 6.10 Å². The van der Waals surface area contributed by atoms with Gasteiger partial charge in [-0.15, -0.1) is 0 Å². The van der Waals surface area contributed by atoms with Crippen molar-refractivity contribution in [1.29, 1.82) is 0 Å². The van der Waals surface area contributed by atoms with Gasteiger partial charge in [0.25, 0.3) is 5.91 Å². The van der Waals surface area contributed by atoms with Crippen molar-refractivity contribution in [3.8, 4) is 0 Å². The molecule has 5 nitrogen and oxygen atoms in total. The number of carbonyl (C=O) groups excluding carboxylic acids is 1. The van der Waals surface area contributed by atoms with Crippen LogP contribution in [-0.4, -0.2) is 43.4 Å². The average Bonchev–Trinajstić information content (AvgIpc) is 2.55. The smallest absolute Gasteiger partial charge is 0.260 e. The second kappa shape index (κ2) is 4.35. The third-order valence-electron chi connectivity index (χ3n) is 3.11. The summed E-state index contributed by atoms with van der Waals surface area (Å²) in [6.07, 6.45) is -1.05. The van der Waals surface area contributed by atoms with Gasteiger partial charge in [0.15, 0.2) is 6.10 Å². The summed E-state index contributed by atoms with van der Waals surface area (Å²) in [6, 6.07) is 5.44. The first-order valence-corrected chi connectivity index (χ1v) is 5.48. The lowest BCUT2D eigenvalue weighted by Gasteiger charge is -2.19. The molecule has 0 spiro atoms. The van der Waals surface area contributed by atoms with Crippen LogP contribution >= 0.6 is 0 Å². The minimum absolute atomic E-state index is 0.0744. The maximum atomic E-state index is 11.6. The Bertz CT molecular complexity index is 447. The van der Waals surface area contributed by atoms with E-state index in [0.29, 0.717) is 12.1 Å². The average molecular weight is 236 g/mol. The molecule has 1 aliphatic rings. The van der Waals surface area contributed by atoms with E-state index in [1.807, 2.05) is 24.1 Å². The van der Waals surface area contributed by atoms with Crippen molar-refractivity contribution in [2.75, 3.05) is 37.0 Å². The minimum Gasteiger partial charge on any atom is -0.395 e. The molecule has 1 aromatic rings. The number of likely N-dealkylation sites (N-methyl/N-ethyl adjacent to an activating group) is 2. The van der Waals surface area contributed by atoms with E-state index >= 15 is 0 Å². The molecule has 0 bridgehead atoms. The number of carbonyl (C=O) groups is 1. The molecule has 1 atom stereocenters. The third kappa shape index (κ3) is 1.87. The van der Waals surface area contributed by atoms with Crippen LogP contribution in [0.1, 0.15) is 11.7 Å². The molecule has 92 valence electrons. The molecular weight excluding hydrogens is 220 g/mol. The highest BCUT2D eigenvalue weighted by Crippen LogP contribution is 2.37. The number of aliphatic hydroxyl groups is 2. The summed E-state index contributed by atoms with van der Waals surface area (Å²) in [5, 5.41) is 18.6. The lowest BCUT2D eigenvalue weighted by Crippen LogP contribution is -2.24. The molecule has 1 aromatic carbocycles. The van der Waals surface area contributed by atoms with Gasteiger partial charge in [0.05, 0.1) is 12.3 Å². The van der Waals surface area contributed by atoms with Crippen LogP contribution in [0, 0.1) is 0 Å². The Morgan fingerprint density at radius 2 is 2.18 bits per heavy atom. The minimum atomic E-state index is -1.05. The zero-order chi connectivity index (χ0) is 12.6. The molecule has 2 N–H and O–H groups in total. The molecule has 1 aliphatic heterocycles. The molecule has 0 aromatic heterocycles. The molecule has 0 saturated heterocycles. The Balaban J connectivity index is 2.36. The maximum Gasteiger partial charge on any atom is 0.260 e. The number of hydrogen-bond donors (Lipinski definition) is 2. The van der Waals surface area contributed by atoms with E-state index in [-0.39, 0.29) is 12.5 Å². The van der Waals surface area contributed by atoms with Crippen molar-refractivity contribution in [2.45, 2.75) is 6.10 Å². The molecule has 2 rings (SSSR count). The van der Waals surface area contributed by atoms with Crippen LogP contribution in [-0.2, 0) is 4.79 Å². The Hall–Kier alpha value is -1.59. The van der Waals surface area contributed by atoms with Crippen LogP contribution < -0.4 is 9.80 Å². The van der Waals surface area contributed by atoms with Crippen LogP contribution in [0.25, 0.3) is 0 Å². The fraction of sp³-hybridized carbons (Fsp3) is 0.417. The zero-order valence-corrected chi connectivity index (χ0v) is 9.92. The van der Waals surface area contributed by atoms with Gasteiger partial charge in [-0.2, -0.15) is 0 Å². The highest BCUT2D eigenvalue weighted by atomic mass is 16.3. The number of fused-ring (bicyclic) bond motifs is 1. The van der Waals surface area contributed by atoms with Crippen molar-refractivity contribution < 1.29 is 15.0 Å². The summed E-state index contributed by atoms with van der Waals surface area (Å²) < 4.78 is 0. The van der Waals surface area contributed by atoms with E-state index in [1.54, 1.807) is 13.1 Å². The fourth-order valence-corrected chi connectivity index (χ4v) is 2.01. The van der Waals surface area contributed by atoms with Gasteiger partial charge in [0.1, 0.15) is 0 Å². The predicted octanol–water partition coefficient (Wildman–Crippen LogP) is 0.125. The van der Waals surface area contributed by atoms with E-state index in [4.69, 9.17) is 5.11 Å². The van der Waals surface area contributed by atoms with Gasteiger partial charge in [-0.3, -0.25) is 4.79 Å². The summed E-state index contributed by atoms with van der Waals surface area (Å²) >= 11 is 0. The third-order valence-corrected chi connectivity index (χ3v) is 3.11. The Morgan fingerprint density at radius 1 is 1.47 bits per heavy atom. The Kier molecular flexibility index (Phi) is 3.04. The van der Waals surface area contributed by atoms with Crippen molar-refractivity contribution >= 4 is 17.3 Å². The summed E-state index contributed by atoms with van der Waals surface area (Å²) in [6.45, 7) is 0.601. The van der Waals surface area contributed by atoms with Gasteiger partial charge in [-0.05, 0) is 12.1 Å². The van der Waals surface area contributed by atoms with Gasteiger partial charge in [0, 0.05) is 31.9 Å². The van der Waals surface area contributed by atoms with Crippen molar-refractivity contribution in [3.05, 3.63) is 23.8 Å². The number of amides is 1. The van der Waals surface area contributed by atoms with E-state index in [9.17, 15) is 9.90 Å². The molecule has 1 unspecified atom stereocenters. The lowest BCUT2D eigenvalue weighted by atomic mass is 10.1. The number of hydrogen-bond acceptors (Lipinski definition) is 4. The highest BCUT2D eigenvalue weighted by Gasteiger charge is 2.33. The topological polar surface area (TPSA) is 64.0 Å². The van der Waals surface area contributed by atoms with Crippen molar-refractivity contribution in [3.63, 3.8) is 0 Å². The van der Waals surface area contributed by atoms with Gasteiger partial charge < -0.3 is 20.0 Å². The van der Waals surface area contributed by atoms with Crippen LogP contribution in [0.4, 0.5) is 11.4 Å². The first-order valence-electron chi connectivity index (χ1n) is 5.48. The zero-order valence-electron chi connectivity index (χ0n) is 9.92. The SMILES string of the molecule is CN(CCO)c1ccc2c(c1)N(C)C(=O)C2O. The van der Waals surface area contributed by atoms with Crippen LogP contribution in [0.3, 0.4) is 0 Å². The van der Waals surface area contributed by atoms with Gasteiger partial charge in [-0.1, -0.05) is 6.07 Å². The number of rotatable bonds is 3. The Morgan fingerprint density at radius 3 is 2.82 bits per heavy atom. The van der Waals surface area contributed by atoms with E-state index in [0.717, 1.165) is 11.4 Å². The molecule has 17 heavy (non-hydrogen) atoms. The van der Waals surface area contributed by atoms with Gasteiger partial charge in [-0.25, -0.2) is 0 Å². The van der Waals surface area contributed by atoms with Crippen LogP contribution in [0.15, 0.2) is 18.2 Å². The summed E-state index contributed by atoms with van der Waals surface area (Å²) in [7, 11) is 3.51. The fourth-order valence-electron chi connectivity index (χ4n) is 2.01. The molecule has 5 heteroatoms. The Labute approximate surface area is 99.9 Å². The van der Waals surface area contributed by atoms with Crippen molar-refractivity contribution in [1.82, 2.24) is 0 Å². The summed E-state index contributed by atoms with van der Waals surface area (Å²) in [4.78, 5) is 14.9. The molecule has 1 heterocycles. The van der Waals surface area contributed by atoms with Crippen LogP contribution in [0.2, 0.25) is 0 Å². The number of aliphatic hydroxyl groups excluding tert-OH is 2. The molecule has 0 saturated carbocycles. The van der Waals surface area contributed by atoms with E-state index in [2.05, 4.69) is 0 Å². The second-order valence-electron chi connectivity index (χ2n) is 4.19. The highest BCUT2D eigenvalue weighted by molar-refractivity contribution is 6.03. The number of benzene rings is 1. The number of anilines is 2. The monoisotopic (exact) mass is 236 g/mol. The number of nitrogens with zero attached hydrogens (tertiary/aromatic N) is 2. The first-order chi connectivity index (χ1) is 8.06. The largest absolute Gasteiger partial charge is 0.395 e. The van der Waals surface area contributed by atoms with Gasteiger partial charge in [0.2, 0.25) is 0 Å². The van der Waals surface area contributed by atoms with Crippen LogP contribution in [0.5, 0.6) is 0 Å². The second-order valence-corrected chi connectivity index (χ2v) is 4.19. The summed E-state index contributed by atoms with van der Waals surface area (Å²) in [5.74, 6) is -0.304. The normalized spacial score (nSPS) is 18.5. The quantitative estimate of drug-likeness (QED) is 0.782. The standard InChI is InChI=1S/C12H16N2O3/c1-13(5-6-15)8-3-4-9-10(7-8)14(2)12(17)11(9)16/h3-4,7,11,15-16H,5-6H2,1-2H3. The molecule has 0 fully saturated rings. The molecular formula is C12H16N2O3. The summed E-state index contributed by atoms with van der Waals surface area (Å²) in [5.41, 5.74) is 2.27. The predicted molar refractivity (Wildman–Crippen MR) is 65.2 cm³/mol. The van der Waals surface area contributed by atoms with Gasteiger partial charge >= 0.3 is 0 Å². The molecule has 1 amide bonds. The molecule has 0 radical (unpaired) electrons. The van der Waals surface area contributed by atoms with E-state index in [1.165, 1.54) is 4.90 Å². The van der Waals surface area contributed by atoms with Crippen molar-refractivity contribution in [2.24, 2.45) is 0 Å². The maximum absolute atomic E-state index is 11.6. The lowest BCUT2D eigenvalue weighted by molar-refractivity contribution is -0.125. The molecule has 0 aliphatic carbocycles. The first kappa shape index (κ1) is 11.9.